The third-order valence-corrected chi connectivity index (χ3v) is 3.60. The van der Waals surface area contributed by atoms with E-state index in [1.165, 1.54) is 17.8 Å². The van der Waals surface area contributed by atoms with Crippen LogP contribution >= 0.6 is 11.8 Å². The van der Waals surface area contributed by atoms with Crippen molar-refractivity contribution >= 4 is 17.4 Å². The average molecular weight is 265 g/mol. The molecule has 0 unspecified atom stereocenters. The predicted molar refractivity (Wildman–Crippen MR) is 66.2 cm³/mol. The number of aromatic nitrogens is 4. The van der Waals surface area contributed by atoms with Gasteiger partial charge in [-0.2, -0.15) is 0 Å². The molecule has 1 atom stereocenters. The second-order valence-corrected chi connectivity index (χ2v) is 5.01. The Morgan fingerprint density at radius 2 is 2.28 bits per heavy atom. The lowest BCUT2D eigenvalue weighted by molar-refractivity contribution is -0.384. The van der Waals surface area contributed by atoms with Crippen LogP contribution in [0.5, 0.6) is 0 Å². The van der Waals surface area contributed by atoms with E-state index in [0.717, 1.165) is 5.56 Å². The van der Waals surface area contributed by atoms with Crippen molar-refractivity contribution in [3.63, 3.8) is 0 Å². The van der Waals surface area contributed by atoms with Crippen LogP contribution in [0, 0.1) is 10.1 Å². The van der Waals surface area contributed by atoms with Crippen molar-refractivity contribution in [3.05, 3.63) is 39.9 Å². The molecule has 0 amide bonds. The summed E-state index contributed by atoms with van der Waals surface area (Å²) in [6.45, 7) is 1.96. The van der Waals surface area contributed by atoms with Gasteiger partial charge in [-0.1, -0.05) is 23.9 Å². The highest BCUT2D eigenvalue weighted by Crippen LogP contribution is 2.34. The fraction of sp³-hybridized carbons (Fsp3) is 0.300. The molecule has 0 fully saturated rings. The van der Waals surface area contributed by atoms with E-state index < -0.39 is 4.92 Å². The van der Waals surface area contributed by atoms with E-state index in [9.17, 15) is 10.1 Å². The van der Waals surface area contributed by atoms with Crippen LogP contribution < -0.4 is 0 Å². The summed E-state index contributed by atoms with van der Waals surface area (Å²) in [7, 11) is 1.75. The molecule has 1 aromatic heterocycles. The first-order chi connectivity index (χ1) is 8.58. The van der Waals surface area contributed by atoms with Crippen molar-refractivity contribution in [2.75, 3.05) is 0 Å². The quantitative estimate of drug-likeness (QED) is 0.477. The Kier molecular flexibility index (Phi) is 3.56. The van der Waals surface area contributed by atoms with Gasteiger partial charge in [0.15, 0.2) is 0 Å². The highest BCUT2D eigenvalue weighted by molar-refractivity contribution is 7.99. The number of hydrogen-bond donors (Lipinski definition) is 0. The Balaban J connectivity index is 2.18. The number of benzene rings is 1. The van der Waals surface area contributed by atoms with E-state index in [0.29, 0.717) is 5.16 Å². The third kappa shape index (κ3) is 2.65. The second kappa shape index (κ2) is 5.13. The number of nitro benzene ring substituents is 1. The van der Waals surface area contributed by atoms with Crippen LogP contribution in [0.4, 0.5) is 5.69 Å². The smallest absolute Gasteiger partial charge is 0.258 e. The topological polar surface area (TPSA) is 86.7 Å². The van der Waals surface area contributed by atoms with E-state index in [1.807, 2.05) is 13.0 Å². The lowest BCUT2D eigenvalue weighted by Crippen LogP contribution is -1.97. The first-order valence-electron chi connectivity index (χ1n) is 5.21. The predicted octanol–water partition coefficient (Wildman–Crippen LogP) is 1.97. The number of rotatable bonds is 4. The Bertz CT molecular complexity index is 571. The molecule has 0 radical (unpaired) electrons. The number of thioether (sulfide) groups is 1. The van der Waals surface area contributed by atoms with Gasteiger partial charge in [0, 0.05) is 24.4 Å². The average Bonchev–Trinajstić information content (AvgIpc) is 2.75. The standard InChI is InChI=1S/C10H11N5O2S/c1-7(18-10-11-12-13-14(10)2)8-4-3-5-9(6-8)15(16)17/h3-7H,1-2H3/t7-/m0/s1. The number of aryl methyl sites for hydroxylation is 1. The number of nitro groups is 1. The van der Waals surface area contributed by atoms with Crippen LogP contribution in [-0.2, 0) is 7.05 Å². The van der Waals surface area contributed by atoms with Crippen molar-refractivity contribution < 1.29 is 4.92 Å². The molecule has 0 aliphatic rings. The van der Waals surface area contributed by atoms with E-state index in [1.54, 1.807) is 23.9 Å². The molecular weight excluding hydrogens is 254 g/mol. The lowest BCUT2D eigenvalue weighted by Gasteiger charge is -2.09. The molecule has 0 spiro atoms. The fourth-order valence-corrected chi connectivity index (χ4v) is 2.31. The molecule has 18 heavy (non-hydrogen) atoms. The maximum Gasteiger partial charge on any atom is 0.269 e. The molecule has 0 saturated carbocycles. The highest BCUT2D eigenvalue weighted by Gasteiger charge is 2.14. The Morgan fingerprint density at radius 1 is 1.50 bits per heavy atom. The van der Waals surface area contributed by atoms with Crippen molar-refractivity contribution in [2.24, 2.45) is 7.05 Å². The van der Waals surface area contributed by atoms with Gasteiger partial charge < -0.3 is 0 Å². The van der Waals surface area contributed by atoms with Crippen LogP contribution in [0.1, 0.15) is 17.7 Å². The molecule has 1 heterocycles. The maximum absolute atomic E-state index is 10.7. The molecule has 2 aromatic rings. The molecule has 0 N–H and O–H groups in total. The molecule has 8 heteroatoms. The molecule has 0 saturated heterocycles. The van der Waals surface area contributed by atoms with Crippen molar-refractivity contribution in [2.45, 2.75) is 17.3 Å². The zero-order valence-electron chi connectivity index (χ0n) is 9.85. The Morgan fingerprint density at radius 3 is 2.89 bits per heavy atom. The lowest BCUT2D eigenvalue weighted by atomic mass is 10.1. The molecule has 2 rings (SSSR count). The molecule has 1 aromatic carbocycles. The van der Waals surface area contributed by atoms with Gasteiger partial charge in [-0.15, -0.1) is 5.10 Å². The van der Waals surface area contributed by atoms with Gasteiger partial charge in [0.25, 0.3) is 5.69 Å². The van der Waals surface area contributed by atoms with E-state index in [2.05, 4.69) is 15.5 Å². The van der Waals surface area contributed by atoms with Gasteiger partial charge in [-0.3, -0.25) is 10.1 Å². The zero-order chi connectivity index (χ0) is 13.1. The molecular formula is C10H11N5O2S. The number of hydrogen-bond acceptors (Lipinski definition) is 6. The summed E-state index contributed by atoms with van der Waals surface area (Å²) in [5.41, 5.74) is 0.966. The van der Waals surface area contributed by atoms with E-state index in [-0.39, 0.29) is 10.9 Å². The first kappa shape index (κ1) is 12.5. The fourth-order valence-electron chi connectivity index (χ4n) is 1.44. The van der Waals surface area contributed by atoms with Gasteiger partial charge in [-0.25, -0.2) is 4.68 Å². The van der Waals surface area contributed by atoms with Crippen LogP contribution in [0.25, 0.3) is 0 Å². The van der Waals surface area contributed by atoms with Gasteiger partial charge in [0.1, 0.15) is 0 Å². The summed E-state index contributed by atoms with van der Waals surface area (Å²) in [5.74, 6) is 0. The molecule has 0 bridgehead atoms. The summed E-state index contributed by atoms with van der Waals surface area (Å²) in [6.07, 6.45) is 0. The second-order valence-electron chi connectivity index (χ2n) is 3.70. The normalized spacial score (nSPS) is 12.3. The molecule has 0 aliphatic heterocycles. The molecule has 7 nitrogen and oxygen atoms in total. The van der Waals surface area contributed by atoms with Gasteiger partial charge in [0.05, 0.1) is 4.92 Å². The van der Waals surface area contributed by atoms with Crippen LogP contribution in [0.2, 0.25) is 0 Å². The summed E-state index contributed by atoms with van der Waals surface area (Å²) in [6, 6.07) is 6.58. The number of tetrazole rings is 1. The van der Waals surface area contributed by atoms with Gasteiger partial charge in [-0.05, 0) is 22.9 Å². The Labute approximate surface area is 107 Å². The molecule has 94 valence electrons. The number of nitrogens with zero attached hydrogens (tertiary/aromatic N) is 5. The largest absolute Gasteiger partial charge is 0.269 e. The minimum atomic E-state index is -0.398. The van der Waals surface area contributed by atoms with Crippen molar-refractivity contribution in [3.8, 4) is 0 Å². The summed E-state index contributed by atoms with van der Waals surface area (Å²) in [4.78, 5) is 10.3. The first-order valence-corrected chi connectivity index (χ1v) is 6.09. The van der Waals surface area contributed by atoms with Crippen LogP contribution in [0.3, 0.4) is 0 Å². The number of non-ortho nitro benzene ring substituents is 1. The van der Waals surface area contributed by atoms with E-state index in [4.69, 9.17) is 0 Å². The highest BCUT2D eigenvalue weighted by atomic mass is 32.2. The summed E-state index contributed by atoms with van der Waals surface area (Å²) < 4.78 is 1.57. The third-order valence-electron chi connectivity index (χ3n) is 2.41. The SMILES string of the molecule is C[C@H](Sc1nnnn1C)c1cccc([N+](=O)[O-])c1. The maximum atomic E-state index is 10.7. The van der Waals surface area contributed by atoms with E-state index >= 15 is 0 Å². The molecule has 0 aliphatic carbocycles. The monoisotopic (exact) mass is 265 g/mol. The summed E-state index contributed by atoms with van der Waals surface area (Å²) >= 11 is 1.45. The Hall–Kier alpha value is -1.96. The zero-order valence-corrected chi connectivity index (χ0v) is 10.7. The van der Waals surface area contributed by atoms with Crippen LogP contribution in [0.15, 0.2) is 29.4 Å². The van der Waals surface area contributed by atoms with Crippen molar-refractivity contribution in [1.82, 2.24) is 20.2 Å². The summed E-state index contributed by atoms with van der Waals surface area (Å²) in [5, 5.41) is 22.6. The minimum Gasteiger partial charge on any atom is -0.258 e. The van der Waals surface area contributed by atoms with Gasteiger partial charge in [0.2, 0.25) is 5.16 Å². The van der Waals surface area contributed by atoms with Crippen molar-refractivity contribution in [1.29, 1.82) is 0 Å². The van der Waals surface area contributed by atoms with Gasteiger partial charge >= 0.3 is 0 Å². The van der Waals surface area contributed by atoms with Crippen LogP contribution in [-0.4, -0.2) is 25.1 Å². The minimum absolute atomic E-state index is 0.0367.